The highest BCUT2D eigenvalue weighted by molar-refractivity contribution is 7.89. The molecule has 0 spiro atoms. The Kier molecular flexibility index (Phi) is 4.48. The van der Waals surface area contributed by atoms with Crippen molar-refractivity contribution in [3.8, 4) is 5.75 Å². The standard InChI is InChI=1S/C18H18FN3O4S/c19-12-3-5-14(6-4-12)26-11-13-2-1-9-22(13)27(24,25)15-7-8-16-17(10-15)21-18(23)20-16/h3-8,10,13H,1-2,9,11H2,(H2,20,21,23). The smallest absolute Gasteiger partial charge is 0.323 e. The molecule has 2 heterocycles. The number of H-pyrrole nitrogens is 2. The molecule has 1 saturated heterocycles. The number of aromatic nitrogens is 2. The molecule has 1 aromatic heterocycles. The second-order valence-electron chi connectivity index (χ2n) is 6.46. The number of rotatable bonds is 5. The summed E-state index contributed by atoms with van der Waals surface area (Å²) in [5.41, 5.74) is 0.613. The number of nitrogens with one attached hydrogen (secondary N) is 2. The molecule has 1 atom stereocenters. The molecule has 1 unspecified atom stereocenters. The Morgan fingerprint density at radius 1 is 1.11 bits per heavy atom. The van der Waals surface area contributed by atoms with Crippen LogP contribution < -0.4 is 10.4 Å². The Morgan fingerprint density at radius 2 is 1.85 bits per heavy atom. The molecule has 0 amide bonds. The van der Waals surface area contributed by atoms with E-state index in [0.717, 1.165) is 6.42 Å². The van der Waals surface area contributed by atoms with Crippen LogP contribution in [0, 0.1) is 5.82 Å². The van der Waals surface area contributed by atoms with Gasteiger partial charge in [-0.2, -0.15) is 4.31 Å². The first-order valence-corrected chi connectivity index (χ1v) is 10.00. The molecular weight excluding hydrogens is 373 g/mol. The van der Waals surface area contributed by atoms with Crippen molar-refractivity contribution in [2.24, 2.45) is 0 Å². The number of benzene rings is 2. The summed E-state index contributed by atoms with van der Waals surface area (Å²) < 4.78 is 46.2. The van der Waals surface area contributed by atoms with E-state index >= 15 is 0 Å². The maximum absolute atomic E-state index is 13.1. The fourth-order valence-electron chi connectivity index (χ4n) is 3.32. The van der Waals surface area contributed by atoms with Crippen molar-refractivity contribution in [3.63, 3.8) is 0 Å². The number of imidazole rings is 1. The highest BCUT2D eigenvalue weighted by atomic mass is 32.2. The zero-order chi connectivity index (χ0) is 19.0. The van der Waals surface area contributed by atoms with Crippen LogP contribution in [0.5, 0.6) is 5.75 Å². The van der Waals surface area contributed by atoms with Crippen LogP contribution in [0.4, 0.5) is 4.39 Å². The minimum absolute atomic E-state index is 0.124. The summed E-state index contributed by atoms with van der Waals surface area (Å²) in [5, 5.41) is 0. The van der Waals surface area contributed by atoms with Gasteiger partial charge in [-0.05, 0) is 55.3 Å². The van der Waals surface area contributed by atoms with E-state index in [-0.39, 0.29) is 29.1 Å². The first-order chi connectivity index (χ1) is 12.9. The molecule has 9 heteroatoms. The van der Waals surface area contributed by atoms with Crippen molar-refractivity contribution >= 4 is 21.1 Å². The SMILES string of the molecule is O=c1[nH]c2ccc(S(=O)(=O)N3CCCC3COc3ccc(F)cc3)cc2[nH]1. The fraction of sp³-hybridized carbons (Fsp3) is 0.278. The van der Waals surface area contributed by atoms with Crippen molar-refractivity contribution in [1.82, 2.24) is 14.3 Å². The number of ether oxygens (including phenoxy) is 1. The molecular formula is C18H18FN3O4S. The third-order valence-corrected chi connectivity index (χ3v) is 6.62. The van der Waals surface area contributed by atoms with Gasteiger partial charge in [0.25, 0.3) is 0 Å². The van der Waals surface area contributed by atoms with E-state index in [1.807, 2.05) is 0 Å². The predicted octanol–water partition coefficient (Wildman–Crippen LogP) is 2.23. The number of aromatic amines is 2. The summed E-state index contributed by atoms with van der Waals surface area (Å²) in [4.78, 5) is 16.7. The number of halogens is 1. The minimum Gasteiger partial charge on any atom is -0.492 e. The van der Waals surface area contributed by atoms with Crippen molar-refractivity contribution in [2.45, 2.75) is 23.8 Å². The molecule has 2 N–H and O–H groups in total. The van der Waals surface area contributed by atoms with Gasteiger partial charge < -0.3 is 14.7 Å². The molecule has 1 fully saturated rings. The van der Waals surface area contributed by atoms with E-state index < -0.39 is 10.0 Å². The Morgan fingerprint density at radius 3 is 2.63 bits per heavy atom. The van der Waals surface area contributed by atoms with Gasteiger partial charge in [0, 0.05) is 6.54 Å². The van der Waals surface area contributed by atoms with Gasteiger partial charge in [-0.25, -0.2) is 17.6 Å². The van der Waals surface area contributed by atoms with E-state index in [9.17, 15) is 17.6 Å². The quantitative estimate of drug-likeness (QED) is 0.697. The highest BCUT2D eigenvalue weighted by Crippen LogP contribution is 2.28. The van der Waals surface area contributed by atoms with Gasteiger partial charge in [0.1, 0.15) is 18.2 Å². The van der Waals surface area contributed by atoms with Gasteiger partial charge >= 0.3 is 5.69 Å². The summed E-state index contributed by atoms with van der Waals surface area (Å²) in [6, 6.07) is 9.83. The van der Waals surface area contributed by atoms with Crippen molar-refractivity contribution < 1.29 is 17.5 Å². The number of fused-ring (bicyclic) bond motifs is 1. The Hall–Kier alpha value is -2.65. The van der Waals surface area contributed by atoms with Gasteiger partial charge in [0.05, 0.1) is 22.0 Å². The maximum atomic E-state index is 13.1. The third-order valence-electron chi connectivity index (χ3n) is 4.67. The second-order valence-corrected chi connectivity index (χ2v) is 8.35. The molecule has 27 heavy (non-hydrogen) atoms. The van der Waals surface area contributed by atoms with E-state index in [1.54, 1.807) is 6.07 Å². The van der Waals surface area contributed by atoms with E-state index in [0.29, 0.717) is 29.7 Å². The van der Waals surface area contributed by atoms with Gasteiger partial charge in [-0.1, -0.05) is 0 Å². The zero-order valence-corrected chi connectivity index (χ0v) is 15.1. The van der Waals surface area contributed by atoms with Crippen molar-refractivity contribution in [2.75, 3.05) is 13.2 Å². The Balaban J connectivity index is 1.55. The molecule has 0 bridgehead atoms. The summed E-state index contributed by atoms with van der Waals surface area (Å²) >= 11 is 0. The first kappa shape index (κ1) is 17.7. The van der Waals surface area contributed by atoms with Crippen LogP contribution in [0.25, 0.3) is 11.0 Å². The summed E-state index contributed by atoms with van der Waals surface area (Å²) in [6.45, 7) is 0.593. The summed E-state index contributed by atoms with van der Waals surface area (Å²) in [6.07, 6.45) is 1.42. The average molecular weight is 391 g/mol. The van der Waals surface area contributed by atoms with Crippen molar-refractivity contribution in [1.29, 1.82) is 0 Å². The monoisotopic (exact) mass is 391 g/mol. The van der Waals surface area contributed by atoms with E-state index in [4.69, 9.17) is 4.74 Å². The lowest BCUT2D eigenvalue weighted by Gasteiger charge is -2.24. The molecule has 3 aromatic rings. The number of hydrogen-bond acceptors (Lipinski definition) is 4. The van der Waals surface area contributed by atoms with Crippen LogP contribution in [-0.4, -0.2) is 41.9 Å². The number of hydrogen-bond donors (Lipinski definition) is 2. The predicted molar refractivity (Wildman–Crippen MR) is 97.7 cm³/mol. The molecule has 142 valence electrons. The summed E-state index contributed by atoms with van der Waals surface area (Å²) in [7, 11) is -3.72. The molecule has 0 aliphatic carbocycles. The molecule has 4 rings (SSSR count). The minimum atomic E-state index is -3.72. The van der Waals surface area contributed by atoms with Gasteiger partial charge in [0.15, 0.2) is 0 Å². The molecule has 0 radical (unpaired) electrons. The summed E-state index contributed by atoms with van der Waals surface area (Å²) in [5.74, 6) is 0.137. The number of nitrogens with zero attached hydrogens (tertiary/aromatic N) is 1. The van der Waals surface area contributed by atoms with Crippen LogP contribution in [0.3, 0.4) is 0 Å². The molecule has 7 nitrogen and oxygen atoms in total. The molecule has 1 aliphatic rings. The first-order valence-electron chi connectivity index (χ1n) is 8.56. The van der Waals surface area contributed by atoms with Gasteiger partial charge in [0.2, 0.25) is 10.0 Å². The number of sulfonamides is 1. The largest absolute Gasteiger partial charge is 0.492 e. The molecule has 1 aliphatic heterocycles. The third kappa shape index (κ3) is 3.47. The highest BCUT2D eigenvalue weighted by Gasteiger charge is 2.35. The van der Waals surface area contributed by atoms with Crippen LogP contribution in [0.2, 0.25) is 0 Å². The normalized spacial score (nSPS) is 18.2. The second kappa shape index (κ2) is 6.82. The van der Waals surface area contributed by atoms with E-state index in [2.05, 4.69) is 9.97 Å². The van der Waals surface area contributed by atoms with E-state index in [1.165, 1.54) is 40.7 Å². The molecule has 0 saturated carbocycles. The lowest BCUT2D eigenvalue weighted by Crippen LogP contribution is -2.39. The average Bonchev–Trinajstić information content (AvgIpc) is 3.26. The molecule has 2 aromatic carbocycles. The van der Waals surface area contributed by atoms with Crippen molar-refractivity contribution in [3.05, 3.63) is 58.8 Å². The van der Waals surface area contributed by atoms with Gasteiger partial charge in [-0.3, -0.25) is 0 Å². The van der Waals surface area contributed by atoms with Crippen LogP contribution in [0.15, 0.2) is 52.2 Å². The zero-order valence-electron chi connectivity index (χ0n) is 14.3. The lowest BCUT2D eigenvalue weighted by atomic mass is 10.2. The van der Waals surface area contributed by atoms with Crippen LogP contribution >= 0.6 is 0 Å². The lowest BCUT2D eigenvalue weighted by molar-refractivity contribution is 0.232. The van der Waals surface area contributed by atoms with Crippen LogP contribution in [0.1, 0.15) is 12.8 Å². The topological polar surface area (TPSA) is 95.3 Å². The van der Waals surface area contributed by atoms with Crippen LogP contribution in [-0.2, 0) is 10.0 Å². The van der Waals surface area contributed by atoms with Gasteiger partial charge in [-0.15, -0.1) is 0 Å². The Labute approximate surface area is 154 Å². The Bertz CT molecular complexity index is 1120. The fourth-order valence-corrected chi connectivity index (χ4v) is 5.03. The maximum Gasteiger partial charge on any atom is 0.323 e.